The monoisotopic (exact) mass is 474 g/mol. The number of carbonyl (C=O) groups excluding carboxylic acids is 2. The predicted octanol–water partition coefficient (Wildman–Crippen LogP) is 5.07. The standard InChI is InChI=1S/C26H38N2O4S/c1-6-8-14-27(25(29)9-7-2)19-26(30)28(18-24-20(3)13-16-33-24)15-12-21-10-11-22(31-4)23(17-21)32-5/h10-11,13,16-17H,6-9,12,14-15,18-19H2,1-5H3. The summed E-state index contributed by atoms with van der Waals surface area (Å²) in [6.45, 7) is 8.04. The number of thiophene rings is 1. The van der Waals surface area contributed by atoms with E-state index in [1.807, 2.05) is 30.0 Å². The Kier molecular flexibility index (Phi) is 11.2. The van der Waals surface area contributed by atoms with Crippen molar-refractivity contribution in [2.24, 2.45) is 0 Å². The molecule has 0 N–H and O–H groups in total. The first kappa shape index (κ1) is 26.7. The maximum absolute atomic E-state index is 13.4. The van der Waals surface area contributed by atoms with Crippen LogP contribution in [0.15, 0.2) is 29.6 Å². The van der Waals surface area contributed by atoms with Crippen molar-refractivity contribution in [1.29, 1.82) is 0 Å². The Morgan fingerprint density at radius 3 is 2.30 bits per heavy atom. The van der Waals surface area contributed by atoms with Gasteiger partial charge in [0, 0.05) is 24.4 Å². The van der Waals surface area contributed by atoms with E-state index in [1.165, 1.54) is 10.4 Å². The molecule has 0 aliphatic heterocycles. The first-order chi connectivity index (χ1) is 15.9. The first-order valence-corrected chi connectivity index (χ1v) is 12.6. The molecule has 1 heterocycles. The smallest absolute Gasteiger partial charge is 0.242 e. The molecule has 0 saturated heterocycles. The summed E-state index contributed by atoms with van der Waals surface area (Å²) < 4.78 is 10.8. The number of carbonyl (C=O) groups is 2. The average molecular weight is 475 g/mol. The summed E-state index contributed by atoms with van der Waals surface area (Å²) in [5.74, 6) is 1.41. The summed E-state index contributed by atoms with van der Waals surface area (Å²) >= 11 is 1.66. The second kappa shape index (κ2) is 13.9. The van der Waals surface area contributed by atoms with Gasteiger partial charge in [-0.3, -0.25) is 9.59 Å². The van der Waals surface area contributed by atoms with Crippen molar-refractivity contribution in [3.8, 4) is 11.5 Å². The van der Waals surface area contributed by atoms with Crippen LogP contribution in [-0.2, 0) is 22.6 Å². The molecule has 0 unspecified atom stereocenters. The highest BCUT2D eigenvalue weighted by atomic mass is 32.1. The topological polar surface area (TPSA) is 59.1 Å². The van der Waals surface area contributed by atoms with E-state index in [0.717, 1.165) is 24.8 Å². The number of methoxy groups -OCH3 is 2. The van der Waals surface area contributed by atoms with Crippen molar-refractivity contribution in [2.45, 2.75) is 59.4 Å². The number of ether oxygens (including phenoxy) is 2. The molecular formula is C26H38N2O4S. The molecule has 2 rings (SSSR count). The number of nitrogens with zero attached hydrogens (tertiary/aromatic N) is 2. The van der Waals surface area contributed by atoms with Crippen LogP contribution in [-0.4, -0.2) is 55.5 Å². The minimum atomic E-state index is -0.0103. The number of hydrogen-bond acceptors (Lipinski definition) is 5. The Hall–Kier alpha value is -2.54. The lowest BCUT2D eigenvalue weighted by Gasteiger charge is -2.28. The zero-order chi connectivity index (χ0) is 24.2. The average Bonchev–Trinajstić information content (AvgIpc) is 3.23. The molecule has 1 aromatic carbocycles. The molecule has 0 fully saturated rings. The van der Waals surface area contributed by atoms with Crippen molar-refractivity contribution in [2.75, 3.05) is 33.9 Å². The number of hydrogen-bond donors (Lipinski definition) is 0. The van der Waals surface area contributed by atoms with Gasteiger partial charge in [-0.05, 0) is 60.9 Å². The van der Waals surface area contributed by atoms with E-state index in [1.54, 1.807) is 30.5 Å². The third-order valence-corrected chi connectivity index (χ3v) is 6.71. The molecule has 1 aromatic heterocycles. The van der Waals surface area contributed by atoms with Gasteiger partial charge in [-0.15, -0.1) is 11.3 Å². The van der Waals surface area contributed by atoms with Crippen molar-refractivity contribution in [3.05, 3.63) is 45.6 Å². The van der Waals surface area contributed by atoms with Crippen LogP contribution in [0.25, 0.3) is 0 Å². The lowest BCUT2D eigenvalue weighted by Crippen LogP contribution is -2.43. The molecule has 182 valence electrons. The SMILES string of the molecule is CCCCN(CC(=O)N(CCc1ccc(OC)c(OC)c1)Cc1sccc1C)C(=O)CCC. The Bertz CT molecular complexity index is 896. The Balaban J connectivity index is 2.17. The van der Waals surface area contributed by atoms with Crippen LogP contribution in [0.2, 0.25) is 0 Å². The Morgan fingerprint density at radius 1 is 0.939 bits per heavy atom. The summed E-state index contributed by atoms with van der Waals surface area (Å²) in [6.07, 6.45) is 3.84. The fourth-order valence-corrected chi connectivity index (χ4v) is 4.53. The molecule has 33 heavy (non-hydrogen) atoms. The number of rotatable bonds is 14. The van der Waals surface area contributed by atoms with E-state index >= 15 is 0 Å². The highest BCUT2D eigenvalue weighted by Gasteiger charge is 2.22. The normalized spacial score (nSPS) is 10.7. The quantitative estimate of drug-likeness (QED) is 0.383. The van der Waals surface area contributed by atoms with Gasteiger partial charge in [0.15, 0.2) is 11.5 Å². The van der Waals surface area contributed by atoms with Gasteiger partial charge in [0.2, 0.25) is 11.8 Å². The molecule has 0 bridgehead atoms. The molecule has 0 atom stereocenters. The van der Waals surface area contributed by atoms with Crippen LogP contribution in [0.5, 0.6) is 11.5 Å². The summed E-state index contributed by atoms with van der Waals surface area (Å²) in [4.78, 5) is 30.8. The summed E-state index contributed by atoms with van der Waals surface area (Å²) in [5.41, 5.74) is 2.26. The van der Waals surface area contributed by atoms with Crippen molar-refractivity contribution in [1.82, 2.24) is 9.80 Å². The second-order valence-electron chi connectivity index (χ2n) is 8.20. The largest absolute Gasteiger partial charge is 0.493 e. The van der Waals surface area contributed by atoms with Gasteiger partial charge in [-0.25, -0.2) is 0 Å². The minimum Gasteiger partial charge on any atom is -0.493 e. The predicted molar refractivity (Wildman–Crippen MR) is 134 cm³/mol. The molecule has 0 spiro atoms. The van der Waals surface area contributed by atoms with Gasteiger partial charge >= 0.3 is 0 Å². The van der Waals surface area contributed by atoms with Crippen molar-refractivity contribution in [3.63, 3.8) is 0 Å². The Morgan fingerprint density at radius 2 is 1.70 bits per heavy atom. The van der Waals surface area contributed by atoms with E-state index in [9.17, 15) is 9.59 Å². The maximum Gasteiger partial charge on any atom is 0.242 e. The van der Waals surface area contributed by atoms with E-state index in [0.29, 0.717) is 44.0 Å². The molecule has 0 saturated carbocycles. The van der Waals surface area contributed by atoms with Crippen LogP contribution >= 0.6 is 11.3 Å². The molecular weight excluding hydrogens is 436 g/mol. The van der Waals surface area contributed by atoms with E-state index in [4.69, 9.17) is 9.47 Å². The van der Waals surface area contributed by atoms with Crippen LogP contribution in [0, 0.1) is 6.92 Å². The van der Waals surface area contributed by atoms with E-state index < -0.39 is 0 Å². The third-order valence-electron chi connectivity index (χ3n) is 5.70. The van der Waals surface area contributed by atoms with Gasteiger partial charge < -0.3 is 19.3 Å². The van der Waals surface area contributed by atoms with Gasteiger partial charge in [-0.2, -0.15) is 0 Å². The molecule has 0 aliphatic rings. The molecule has 6 nitrogen and oxygen atoms in total. The zero-order valence-corrected chi connectivity index (χ0v) is 21.5. The lowest BCUT2D eigenvalue weighted by atomic mass is 10.1. The highest BCUT2D eigenvalue weighted by molar-refractivity contribution is 7.10. The van der Waals surface area contributed by atoms with Gasteiger partial charge in [0.25, 0.3) is 0 Å². The van der Waals surface area contributed by atoms with E-state index in [2.05, 4.69) is 25.3 Å². The van der Waals surface area contributed by atoms with Gasteiger partial charge in [-0.1, -0.05) is 26.3 Å². The van der Waals surface area contributed by atoms with Gasteiger partial charge in [0.05, 0.1) is 27.3 Å². The first-order valence-electron chi connectivity index (χ1n) is 11.7. The van der Waals surface area contributed by atoms with Crippen LogP contribution < -0.4 is 9.47 Å². The summed E-state index contributed by atoms with van der Waals surface area (Å²) in [7, 11) is 3.24. The molecule has 2 aromatic rings. The van der Waals surface area contributed by atoms with Crippen LogP contribution in [0.4, 0.5) is 0 Å². The highest BCUT2D eigenvalue weighted by Crippen LogP contribution is 2.28. The maximum atomic E-state index is 13.4. The number of amides is 2. The van der Waals surface area contributed by atoms with Crippen LogP contribution in [0.1, 0.15) is 55.5 Å². The number of aryl methyl sites for hydroxylation is 1. The Labute approximate surface area is 202 Å². The summed E-state index contributed by atoms with van der Waals surface area (Å²) in [5, 5.41) is 2.06. The summed E-state index contributed by atoms with van der Waals surface area (Å²) in [6, 6.07) is 7.92. The minimum absolute atomic E-state index is 0.0103. The second-order valence-corrected chi connectivity index (χ2v) is 9.20. The van der Waals surface area contributed by atoms with Crippen molar-refractivity contribution < 1.29 is 19.1 Å². The lowest BCUT2D eigenvalue weighted by molar-refractivity contribution is -0.141. The fourth-order valence-electron chi connectivity index (χ4n) is 3.61. The van der Waals surface area contributed by atoms with Gasteiger partial charge in [0.1, 0.15) is 0 Å². The number of unbranched alkanes of at least 4 members (excludes halogenated alkanes) is 1. The molecule has 0 radical (unpaired) electrons. The van der Waals surface area contributed by atoms with Crippen LogP contribution in [0.3, 0.4) is 0 Å². The van der Waals surface area contributed by atoms with Crippen molar-refractivity contribution >= 4 is 23.2 Å². The fraction of sp³-hybridized carbons (Fsp3) is 0.538. The van der Waals surface area contributed by atoms with E-state index in [-0.39, 0.29) is 18.4 Å². The molecule has 0 aliphatic carbocycles. The zero-order valence-electron chi connectivity index (χ0n) is 20.7. The molecule has 7 heteroatoms. The molecule has 2 amide bonds. The number of benzene rings is 1. The third kappa shape index (κ3) is 8.07.